The van der Waals surface area contributed by atoms with Crippen molar-refractivity contribution in [1.29, 1.82) is 0 Å². The molecule has 0 saturated carbocycles. The van der Waals surface area contributed by atoms with E-state index >= 15 is 0 Å². The lowest BCUT2D eigenvalue weighted by Crippen LogP contribution is -2.30. The van der Waals surface area contributed by atoms with Crippen LogP contribution in [0.2, 0.25) is 0 Å². The third-order valence-corrected chi connectivity index (χ3v) is 5.90. The van der Waals surface area contributed by atoms with Gasteiger partial charge in [-0.25, -0.2) is 4.98 Å². The van der Waals surface area contributed by atoms with E-state index in [2.05, 4.69) is 11.9 Å². The van der Waals surface area contributed by atoms with Crippen molar-refractivity contribution in [2.75, 3.05) is 18.8 Å². The lowest BCUT2D eigenvalue weighted by atomic mass is 10.3. The number of hydrogen-bond acceptors (Lipinski definition) is 5. The van der Waals surface area contributed by atoms with E-state index in [0.29, 0.717) is 22.2 Å². The SMILES string of the molecule is CCCCn1c(SCC(=O)N2CCCC2)nc2ccsc2c1=O. The minimum absolute atomic E-state index is 0.0228. The zero-order valence-electron chi connectivity index (χ0n) is 13.3. The van der Waals surface area contributed by atoms with E-state index < -0.39 is 0 Å². The molecule has 3 heterocycles. The van der Waals surface area contributed by atoms with Gasteiger partial charge in [-0.05, 0) is 30.7 Å². The van der Waals surface area contributed by atoms with E-state index in [4.69, 9.17) is 0 Å². The monoisotopic (exact) mass is 351 g/mol. The van der Waals surface area contributed by atoms with Crippen LogP contribution in [0.25, 0.3) is 10.2 Å². The molecule has 0 spiro atoms. The quantitative estimate of drug-likeness (QED) is 0.593. The lowest BCUT2D eigenvalue weighted by molar-refractivity contribution is -0.127. The molecule has 0 atom stereocenters. The van der Waals surface area contributed by atoms with Crippen molar-refractivity contribution in [2.24, 2.45) is 0 Å². The Morgan fingerprint density at radius 2 is 2.17 bits per heavy atom. The van der Waals surface area contributed by atoms with Gasteiger partial charge in [0.15, 0.2) is 5.16 Å². The molecule has 124 valence electrons. The van der Waals surface area contributed by atoms with E-state index in [1.165, 1.54) is 23.1 Å². The van der Waals surface area contributed by atoms with Gasteiger partial charge < -0.3 is 4.90 Å². The molecule has 0 radical (unpaired) electrons. The Balaban J connectivity index is 1.82. The highest BCUT2D eigenvalue weighted by molar-refractivity contribution is 7.99. The molecule has 1 fully saturated rings. The molecule has 0 N–H and O–H groups in total. The summed E-state index contributed by atoms with van der Waals surface area (Å²) >= 11 is 2.82. The van der Waals surface area contributed by atoms with Crippen LogP contribution in [-0.4, -0.2) is 39.2 Å². The van der Waals surface area contributed by atoms with Gasteiger partial charge in [-0.3, -0.25) is 14.2 Å². The second kappa shape index (κ2) is 7.49. The van der Waals surface area contributed by atoms with Gasteiger partial charge in [-0.15, -0.1) is 11.3 Å². The van der Waals surface area contributed by atoms with E-state index in [0.717, 1.165) is 44.3 Å². The Labute approximate surface area is 143 Å². The minimum atomic E-state index is 0.0228. The maximum absolute atomic E-state index is 12.6. The molecule has 5 nitrogen and oxygen atoms in total. The highest BCUT2D eigenvalue weighted by Crippen LogP contribution is 2.22. The van der Waals surface area contributed by atoms with Gasteiger partial charge in [0.25, 0.3) is 5.56 Å². The fourth-order valence-electron chi connectivity index (χ4n) is 2.73. The summed E-state index contributed by atoms with van der Waals surface area (Å²) < 4.78 is 2.45. The van der Waals surface area contributed by atoms with Crippen molar-refractivity contribution in [3.05, 3.63) is 21.8 Å². The van der Waals surface area contributed by atoms with Crippen LogP contribution in [0.3, 0.4) is 0 Å². The van der Waals surface area contributed by atoms with Crippen molar-refractivity contribution >= 4 is 39.2 Å². The minimum Gasteiger partial charge on any atom is -0.342 e. The number of fused-ring (bicyclic) bond motifs is 1. The maximum atomic E-state index is 12.6. The van der Waals surface area contributed by atoms with Gasteiger partial charge >= 0.3 is 0 Å². The summed E-state index contributed by atoms with van der Waals surface area (Å²) in [5.41, 5.74) is 0.762. The van der Waals surface area contributed by atoms with Crippen LogP contribution in [0, 0.1) is 0 Å². The number of likely N-dealkylation sites (tertiary alicyclic amines) is 1. The first-order chi connectivity index (χ1) is 11.2. The normalized spacial score (nSPS) is 14.7. The summed E-state index contributed by atoms with van der Waals surface area (Å²) in [5, 5.41) is 2.56. The van der Waals surface area contributed by atoms with Crippen molar-refractivity contribution in [1.82, 2.24) is 14.5 Å². The van der Waals surface area contributed by atoms with Crippen molar-refractivity contribution < 1.29 is 4.79 Å². The molecular weight excluding hydrogens is 330 g/mol. The molecule has 1 aliphatic heterocycles. The Bertz CT molecular complexity index is 747. The predicted molar refractivity (Wildman–Crippen MR) is 95.3 cm³/mol. The van der Waals surface area contributed by atoms with Crippen molar-refractivity contribution in [3.8, 4) is 0 Å². The number of nitrogens with zero attached hydrogens (tertiary/aromatic N) is 3. The summed E-state index contributed by atoms with van der Waals surface area (Å²) in [6, 6.07) is 1.87. The second-order valence-corrected chi connectivity index (χ2v) is 7.57. The summed E-state index contributed by atoms with van der Waals surface area (Å²) in [4.78, 5) is 31.4. The predicted octanol–water partition coefficient (Wildman–Crippen LogP) is 2.97. The van der Waals surface area contributed by atoms with E-state index in [1.807, 2.05) is 16.3 Å². The molecule has 0 unspecified atom stereocenters. The Hall–Kier alpha value is -1.34. The number of carbonyl (C=O) groups is 1. The van der Waals surface area contributed by atoms with Gasteiger partial charge in [0.2, 0.25) is 5.91 Å². The first kappa shape index (κ1) is 16.5. The molecule has 23 heavy (non-hydrogen) atoms. The third kappa shape index (κ3) is 3.61. The number of carbonyl (C=O) groups excluding carboxylic acids is 1. The van der Waals surface area contributed by atoms with Gasteiger partial charge in [-0.1, -0.05) is 25.1 Å². The number of amides is 1. The van der Waals surface area contributed by atoms with Crippen LogP contribution in [0.15, 0.2) is 21.4 Å². The molecule has 1 saturated heterocycles. The molecule has 2 aromatic rings. The first-order valence-electron chi connectivity index (χ1n) is 8.09. The molecule has 0 aliphatic carbocycles. The van der Waals surface area contributed by atoms with Crippen LogP contribution < -0.4 is 5.56 Å². The van der Waals surface area contributed by atoms with E-state index in [1.54, 1.807) is 4.57 Å². The largest absolute Gasteiger partial charge is 0.342 e. The maximum Gasteiger partial charge on any atom is 0.272 e. The zero-order valence-corrected chi connectivity index (χ0v) is 14.9. The Morgan fingerprint density at radius 3 is 2.91 bits per heavy atom. The summed E-state index contributed by atoms with van der Waals surface area (Å²) in [6.07, 6.45) is 4.14. The number of thioether (sulfide) groups is 1. The topological polar surface area (TPSA) is 55.2 Å². The molecular formula is C16H21N3O2S2. The third-order valence-electron chi connectivity index (χ3n) is 4.05. The second-order valence-electron chi connectivity index (χ2n) is 5.72. The van der Waals surface area contributed by atoms with Crippen LogP contribution in [0.5, 0.6) is 0 Å². The lowest BCUT2D eigenvalue weighted by Gasteiger charge is -2.16. The highest BCUT2D eigenvalue weighted by Gasteiger charge is 2.19. The first-order valence-corrected chi connectivity index (χ1v) is 9.96. The van der Waals surface area contributed by atoms with Crippen LogP contribution in [0.1, 0.15) is 32.6 Å². The van der Waals surface area contributed by atoms with Gasteiger partial charge in [-0.2, -0.15) is 0 Å². The molecule has 7 heteroatoms. The van der Waals surface area contributed by atoms with Gasteiger partial charge in [0.05, 0.1) is 11.3 Å². The van der Waals surface area contributed by atoms with Crippen molar-refractivity contribution in [3.63, 3.8) is 0 Å². The number of unbranched alkanes of at least 4 members (excludes halogenated alkanes) is 1. The number of hydrogen-bond donors (Lipinski definition) is 0. The van der Waals surface area contributed by atoms with Crippen LogP contribution >= 0.6 is 23.1 Å². The number of thiophene rings is 1. The highest BCUT2D eigenvalue weighted by atomic mass is 32.2. The standard InChI is InChI=1S/C16H21N3O2S2/c1-2-3-9-19-15(21)14-12(6-10-22-14)17-16(19)23-11-13(20)18-7-4-5-8-18/h6,10H,2-5,7-9,11H2,1H3. The average molecular weight is 351 g/mol. The smallest absolute Gasteiger partial charge is 0.272 e. The summed E-state index contributed by atoms with van der Waals surface area (Å²) in [5.74, 6) is 0.503. The van der Waals surface area contributed by atoms with Crippen LogP contribution in [-0.2, 0) is 11.3 Å². The average Bonchev–Trinajstić information content (AvgIpc) is 3.23. The molecule has 1 amide bonds. The number of rotatable bonds is 6. The van der Waals surface area contributed by atoms with Crippen molar-refractivity contribution in [2.45, 2.75) is 44.3 Å². The fourth-order valence-corrected chi connectivity index (χ4v) is 4.44. The number of aromatic nitrogens is 2. The molecule has 3 rings (SSSR count). The summed E-state index contributed by atoms with van der Waals surface area (Å²) in [7, 11) is 0. The van der Waals surface area contributed by atoms with Crippen LogP contribution in [0.4, 0.5) is 0 Å². The Morgan fingerprint density at radius 1 is 1.39 bits per heavy atom. The Kier molecular flexibility index (Phi) is 5.38. The van der Waals surface area contributed by atoms with Gasteiger partial charge in [0, 0.05) is 19.6 Å². The molecule has 0 aromatic carbocycles. The van der Waals surface area contributed by atoms with E-state index in [-0.39, 0.29) is 11.5 Å². The molecule has 1 aliphatic rings. The summed E-state index contributed by atoms with van der Waals surface area (Å²) in [6.45, 7) is 4.49. The molecule has 0 bridgehead atoms. The van der Waals surface area contributed by atoms with Gasteiger partial charge in [0.1, 0.15) is 4.70 Å². The fraction of sp³-hybridized carbons (Fsp3) is 0.562. The molecule has 2 aromatic heterocycles. The van der Waals surface area contributed by atoms with E-state index in [9.17, 15) is 9.59 Å². The zero-order chi connectivity index (χ0) is 16.2.